The molecule has 1 aliphatic heterocycles. The maximum atomic E-state index is 12.6. The number of fused-ring (bicyclic) bond motifs is 1. The number of aromatic nitrogens is 3. The van der Waals surface area contributed by atoms with Crippen molar-refractivity contribution in [1.82, 2.24) is 19.9 Å². The number of hydrogen-bond donors (Lipinski definition) is 1. The molecule has 3 aromatic heterocycles. The number of aryl methyl sites for hydroxylation is 1. The van der Waals surface area contributed by atoms with E-state index < -0.39 is 0 Å². The van der Waals surface area contributed by atoms with E-state index in [4.69, 9.17) is 5.26 Å². The summed E-state index contributed by atoms with van der Waals surface area (Å²) in [4.78, 5) is 29.4. The highest BCUT2D eigenvalue weighted by Crippen LogP contribution is 2.35. The molecule has 0 aromatic carbocycles. The first-order valence-corrected chi connectivity index (χ1v) is 10.8. The number of H-pyrrole nitrogens is 1. The van der Waals surface area contributed by atoms with Crippen LogP contribution in [0.15, 0.2) is 23.7 Å². The first-order valence-electron chi connectivity index (χ1n) is 9.96. The second kappa shape index (κ2) is 7.16. The van der Waals surface area contributed by atoms with Crippen LogP contribution in [0.5, 0.6) is 0 Å². The molecule has 29 heavy (non-hydrogen) atoms. The summed E-state index contributed by atoms with van der Waals surface area (Å²) in [6.07, 6.45) is 3.28. The minimum Gasteiger partial charge on any atom is -0.367 e. The molecule has 0 unspecified atom stereocenters. The van der Waals surface area contributed by atoms with Gasteiger partial charge in [-0.15, -0.1) is 11.3 Å². The van der Waals surface area contributed by atoms with Crippen LogP contribution in [0.1, 0.15) is 17.8 Å². The summed E-state index contributed by atoms with van der Waals surface area (Å²) >= 11 is 1.64. The van der Waals surface area contributed by atoms with Crippen LogP contribution >= 0.6 is 11.3 Å². The van der Waals surface area contributed by atoms with Gasteiger partial charge < -0.3 is 14.8 Å². The molecule has 0 atom stereocenters. The first-order chi connectivity index (χ1) is 14.1. The minimum atomic E-state index is 0.0487. The van der Waals surface area contributed by atoms with Crippen molar-refractivity contribution in [2.24, 2.45) is 11.8 Å². The zero-order valence-electron chi connectivity index (χ0n) is 16.3. The fourth-order valence-corrected chi connectivity index (χ4v) is 4.88. The van der Waals surface area contributed by atoms with E-state index in [9.17, 15) is 4.79 Å². The smallest absolute Gasteiger partial charge is 0.225 e. The largest absolute Gasteiger partial charge is 0.367 e. The molecule has 2 aliphatic rings. The second-order valence-electron chi connectivity index (χ2n) is 7.83. The van der Waals surface area contributed by atoms with Crippen LogP contribution in [0, 0.1) is 30.1 Å². The van der Waals surface area contributed by atoms with Crippen molar-refractivity contribution in [2.75, 3.05) is 31.1 Å². The number of amides is 1. The number of anilines is 1. The lowest BCUT2D eigenvalue weighted by Crippen LogP contribution is -2.52. The number of rotatable bonds is 3. The van der Waals surface area contributed by atoms with Crippen LogP contribution < -0.4 is 4.90 Å². The summed E-state index contributed by atoms with van der Waals surface area (Å²) in [5, 5.41) is 13.1. The standard InChI is InChI=1S/C21H22N6OS/c1-13-24-18(12-29-13)17-10-16-19(2-3-23-20(16)25-17)26-4-6-27(7-5-26)21(28)15-8-14(9-15)11-22/h2-3,10,12,14-15H,4-9H2,1H3,(H,23,25). The van der Waals surface area contributed by atoms with E-state index in [1.165, 1.54) is 0 Å². The topological polar surface area (TPSA) is 88.9 Å². The van der Waals surface area contributed by atoms with Crippen molar-refractivity contribution in [3.63, 3.8) is 0 Å². The van der Waals surface area contributed by atoms with Gasteiger partial charge in [-0.3, -0.25) is 4.79 Å². The van der Waals surface area contributed by atoms with Crippen LogP contribution in [-0.4, -0.2) is 51.9 Å². The number of hydrogen-bond acceptors (Lipinski definition) is 6. The number of nitrogens with zero attached hydrogens (tertiary/aromatic N) is 5. The Morgan fingerprint density at radius 3 is 2.79 bits per heavy atom. The van der Waals surface area contributed by atoms with Crippen LogP contribution in [-0.2, 0) is 4.79 Å². The Balaban J connectivity index is 1.31. The number of aromatic amines is 1. The Hall–Kier alpha value is -2.92. The molecule has 1 aliphatic carbocycles. The summed E-state index contributed by atoms with van der Waals surface area (Å²) in [6.45, 7) is 5.05. The fraction of sp³-hybridized carbons (Fsp3) is 0.429. The van der Waals surface area contributed by atoms with Crippen molar-refractivity contribution in [2.45, 2.75) is 19.8 Å². The van der Waals surface area contributed by atoms with Crippen LogP contribution in [0.25, 0.3) is 22.4 Å². The van der Waals surface area contributed by atoms with Gasteiger partial charge in [0.05, 0.1) is 22.5 Å². The molecule has 1 saturated heterocycles. The molecule has 0 radical (unpaired) electrons. The van der Waals surface area contributed by atoms with Crippen molar-refractivity contribution in [3.05, 3.63) is 28.7 Å². The highest BCUT2D eigenvalue weighted by Gasteiger charge is 2.37. The van der Waals surface area contributed by atoms with Crippen LogP contribution in [0.3, 0.4) is 0 Å². The number of carbonyl (C=O) groups is 1. The number of pyridine rings is 1. The molecule has 0 spiro atoms. The summed E-state index contributed by atoms with van der Waals surface area (Å²) in [7, 11) is 0. The average Bonchev–Trinajstić information content (AvgIpc) is 3.33. The van der Waals surface area contributed by atoms with E-state index in [0.29, 0.717) is 0 Å². The minimum absolute atomic E-state index is 0.0487. The number of nitrogens with one attached hydrogen (secondary N) is 1. The Labute approximate surface area is 173 Å². The van der Waals surface area contributed by atoms with Crippen molar-refractivity contribution < 1.29 is 4.79 Å². The van der Waals surface area contributed by atoms with Crippen LogP contribution in [0.4, 0.5) is 5.69 Å². The lowest BCUT2D eigenvalue weighted by Gasteiger charge is -2.40. The van der Waals surface area contributed by atoms with Gasteiger partial charge in [0.1, 0.15) is 5.65 Å². The van der Waals surface area contributed by atoms with Gasteiger partial charge in [-0.2, -0.15) is 5.26 Å². The molecule has 7 nitrogen and oxygen atoms in total. The lowest BCUT2D eigenvalue weighted by atomic mass is 9.75. The fourth-order valence-electron chi connectivity index (χ4n) is 4.26. The second-order valence-corrected chi connectivity index (χ2v) is 8.90. The Morgan fingerprint density at radius 2 is 2.10 bits per heavy atom. The van der Waals surface area contributed by atoms with Gasteiger partial charge in [0.2, 0.25) is 5.91 Å². The zero-order chi connectivity index (χ0) is 20.0. The monoisotopic (exact) mass is 406 g/mol. The third-order valence-corrected chi connectivity index (χ3v) is 6.78. The van der Waals surface area contributed by atoms with E-state index in [1.54, 1.807) is 11.3 Å². The van der Waals surface area contributed by atoms with Crippen molar-refractivity contribution in [1.29, 1.82) is 5.26 Å². The van der Waals surface area contributed by atoms with Gasteiger partial charge in [0.15, 0.2) is 0 Å². The van der Waals surface area contributed by atoms with Crippen molar-refractivity contribution >= 4 is 34.0 Å². The predicted octanol–water partition coefficient (Wildman–Crippen LogP) is 3.19. The molecule has 148 valence electrons. The molecule has 1 saturated carbocycles. The molecule has 4 heterocycles. The average molecular weight is 407 g/mol. The first kappa shape index (κ1) is 18.1. The highest BCUT2D eigenvalue weighted by molar-refractivity contribution is 7.09. The molecule has 8 heteroatoms. The molecule has 3 aromatic rings. The van der Waals surface area contributed by atoms with Crippen molar-refractivity contribution in [3.8, 4) is 17.5 Å². The Kier molecular flexibility index (Phi) is 4.47. The third kappa shape index (κ3) is 3.25. The Bertz CT molecular complexity index is 1100. The SMILES string of the molecule is Cc1nc(-c2cc3c(N4CCN(C(=O)C5CC(C#N)C5)CC4)ccnc3[nH]2)cs1. The predicted molar refractivity (Wildman–Crippen MR) is 113 cm³/mol. The maximum Gasteiger partial charge on any atom is 0.225 e. The molecule has 2 fully saturated rings. The van der Waals surface area contributed by atoms with E-state index in [-0.39, 0.29) is 17.7 Å². The molecule has 0 bridgehead atoms. The van der Waals surface area contributed by atoms with Gasteiger partial charge in [0.25, 0.3) is 0 Å². The quantitative estimate of drug-likeness (QED) is 0.722. The molecular weight excluding hydrogens is 384 g/mol. The molecular formula is C21H22N6OS. The van der Waals surface area contributed by atoms with Crippen LogP contribution in [0.2, 0.25) is 0 Å². The van der Waals surface area contributed by atoms with Gasteiger partial charge in [-0.05, 0) is 31.9 Å². The van der Waals surface area contributed by atoms with E-state index in [1.807, 2.05) is 24.1 Å². The number of carbonyl (C=O) groups excluding carboxylic acids is 1. The van der Waals surface area contributed by atoms with E-state index >= 15 is 0 Å². The lowest BCUT2D eigenvalue weighted by molar-refractivity contribution is -0.139. The summed E-state index contributed by atoms with van der Waals surface area (Å²) < 4.78 is 0. The van der Waals surface area contributed by atoms with E-state index in [2.05, 4.69) is 37.4 Å². The van der Waals surface area contributed by atoms with Gasteiger partial charge >= 0.3 is 0 Å². The van der Waals surface area contributed by atoms with E-state index in [0.717, 1.165) is 72.1 Å². The summed E-state index contributed by atoms with van der Waals surface area (Å²) in [5.41, 5.74) is 3.93. The Morgan fingerprint density at radius 1 is 1.31 bits per heavy atom. The number of thiazole rings is 1. The third-order valence-electron chi connectivity index (χ3n) is 6.01. The zero-order valence-corrected chi connectivity index (χ0v) is 17.1. The maximum absolute atomic E-state index is 12.6. The summed E-state index contributed by atoms with van der Waals surface area (Å²) in [5.74, 6) is 0.339. The molecule has 1 amide bonds. The molecule has 5 rings (SSSR count). The highest BCUT2D eigenvalue weighted by atomic mass is 32.1. The number of nitriles is 1. The van der Waals surface area contributed by atoms with Gasteiger partial charge in [-0.1, -0.05) is 0 Å². The van der Waals surface area contributed by atoms with Gasteiger partial charge in [0, 0.05) is 60.7 Å². The normalized spacial score (nSPS) is 21.8. The van der Waals surface area contributed by atoms with Gasteiger partial charge in [-0.25, -0.2) is 9.97 Å². The summed E-state index contributed by atoms with van der Waals surface area (Å²) in [6, 6.07) is 6.43. The number of piperazine rings is 1. The molecule has 1 N–H and O–H groups in total.